The Hall–Kier alpha value is -6.65. The van der Waals surface area contributed by atoms with Gasteiger partial charge in [0, 0.05) is 39.2 Å². The third-order valence-electron chi connectivity index (χ3n) is 9.24. The molecule has 7 aromatic carbocycles. The molecule has 0 saturated carbocycles. The molecule has 51 heavy (non-hydrogen) atoms. The highest BCUT2D eigenvalue weighted by Gasteiger charge is 2.22. The van der Waals surface area contributed by atoms with Gasteiger partial charge in [-0.25, -0.2) is 9.98 Å². The van der Waals surface area contributed by atoms with Gasteiger partial charge >= 0.3 is 0 Å². The van der Waals surface area contributed by atoms with Crippen LogP contribution in [0.4, 0.5) is 0 Å². The number of fused-ring (bicyclic) bond motifs is 3. The van der Waals surface area contributed by atoms with Gasteiger partial charge in [0.05, 0.1) is 16.7 Å². The number of rotatable bonds is 6. The minimum atomic E-state index is 0.133. The number of aryl methyl sites for hydroxylation is 2. The minimum absolute atomic E-state index is 0.133. The van der Waals surface area contributed by atoms with Crippen molar-refractivity contribution in [3.63, 3.8) is 0 Å². The smallest absolute Gasteiger partial charge is 0.161 e. The lowest BCUT2D eigenvalue weighted by molar-refractivity contribution is 1.18. The fraction of sp³-hybridized carbons (Fsp3) is 0.0426. The lowest BCUT2D eigenvalue weighted by atomic mass is 9.92. The number of aliphatic imine (C=N–C) groups is 2. The minimum Gasteiger partial charge on any atom is -0.308 e. The van der Waals surface area contributed by atoms with Crippen LogP contribution in [0, 0.1) is 19.3 Å². The zero-order valence-electron chi connectivity index (χ0n) is 28.6. The molecular formula is C47H36N4. The number of hydrogen-bond acceptors (Lipinski definition) is 1. The number of amidine groups is 2. The summed E-state index contributed by atoms with van der Waals surface area (Å²) in [6, 6.07) is 58.5. The first-order valence-electron chi connectivity index (χ1n) is 17.2. The molecule has 1 N–H and O–H groups in total. The van der Waals surface area contributed by atoms with E-state index in [1.54, 1.807) is 6.21 Å². The second-order valence-electron chi connectivity index (χ2n) is 12.8. The lowest BCUT2D eigenvalue weighted by Crippen LogP contribution is -2.07. The van der Waals surface area contributed by atoms with Gasteiger partial charge in [-0.2, -0.15) is 0 Å². The Morgan fingerprint density at radius 2 is 1.00 bits per heavy atom. The molecule has 4 nitrogen and oxygen atoms in total. The topological polar surface area (TPSA) is 53.5 Å². The van der Waals surface area contributed by atoms with E-state index in [1.165, 1.54) is 21.9 Å². The molecule has 0 saturated heterocycles. The fourth-order valence-electron chi connectivity index (χ4n) is 6.78. The third-order valence-corrected chi connectivity index (χ3v) is 9.24. The zero-order chi connectivity index (χ0) is 34.7. The summed E-state index contributed by atoms with van der Waals surface area (Å²) < 4.78 is 2.41. The van der Waals surface area contributed by atoms with Crippen LogP contribution in [0.3, 0.4) is 0 Å². The molecule has 0 amide bonds. The van der Waals surface area contributed by atoms with Crippen molar-refractivity contribution in [2.75, 3.05) is 0 Å². The molecule has 0 atom stereocenters. The van der Waals surface area contributed by atoms with Crippen molar-refractivity contribution in [1.82, 2.24) is 4.57 Å². The Labute approximate surface area is 298 Å². The van der Waals surface area contributed by atoms with E-state index in [9.17, 15) is 5.41 Å². The number of nitrogens with zero attached hydrogens (tertiary/aromatic N) is 3. The van der Waals surface area contributed by atoms with Crippen LogP contribution >= 0.6 is 0 Å². The van der Waals surface area contributed by atoms with E-state index < -0.39 is 0 Å². The number of nitrogens with one attached hydrogen (secondary N) is 1. The molecule has 0 radical (unpaired) electrons. The van der Waals surface area contributed by atoms with Crippen molar-refractivity contribution in [3.05, 3.63) is 198 Å². The molecule has 0 unspecified atom stereocenters. The number of hydrogen-bond donors (Lipinski definition) is 1. The molecule has 4 heteroatoms. The first-order valence-corrected chi connectivity index (χ1v) is 17.2. The van der Waals surface area contributed by atoms with Crippen LogP contribution in [0.1, 0.15) is 27.8 Å². The Balaban J connectivity index is 1.41. The van der Waals surface area contributed by atoms with Crippen molar-refractivity contribution in [2.45, 2.75) is 13.8 Å². The largest absolute Gasteiger partial charge is 0.308 e. The molecule has 244 valence electrons. The van der Waals surface area contributed by atoms with Crippen LogP contribution in [0.2, 0.25) is 0 Å². The molecule has 1 heterocycles. The first kappa shape index (κ1) is 31.6. The molecule has 1 aromatic heterocycles. The zero-order valence-corrected chi connectivity index (χ0v) is 28.6. The summed E-state index contributed by atoms with van der Waals surface area (Å²) in [5, 5.41) is 11.9. The molecule has 0 fully saturated rings. The molecule has 8 aromatic rings. The maximum atomic E-state index is 9.50. The summed E-state index contributed by atoms with van der Waals surface area (Å²) in [4.78, 5) is 9.72. The molecule has 0 aliphatic carbocycles. The molecule has 0 aliphatic heterocycles. The number of aromatic nitrogens is 1. The van der Waals surface area contributed by atoms with Gasteiger partial charge in [-0.3, -0.25) is 5.41 Å². The predicted octanol–water partition coefficient (Wildman–Crippen LogP) is 11.6. The van der Waals surface area contributed by atoms with Crippen molar-refractivity contribution in [2.24, 2.45) is 9.98 Å². The summed E-state index contributed by atoms with van der Waals surface area (Å²) in [6.07, 6.45) is 1.80. The fourth-order valence-corrected chi connectivity index (χ4v) is 6.78. The molecule has 0 spiro atoms. The number of benzene rings is 7. The summed E-state index contributed by atoms with van der Waals surface area (Å²) in [7, 11) is 0. The van der Waals surface area contributed by atoms with Crippen LogP contribution in [-0.4, -0.2) is 22.5 Å². The first-order chi connectivity index (χ1) is 25.0. The predicted molar refractivity (Wildman–Crippen MR) is 215 cm³/mol. The average molecular weight is 657 g/mol. The highest BCUT2D eigenvalue weighted by atomic mass is 15.0. The lowest BCUT2D eigenvalue weighted by Gasteiger charge is -2.21. The normalized spacial score (nSPS) is 11.8. The van der Waals surface area contributed by atoms with E-state index in [-0.39, 0.29) is 5.84 Å². The Kier molecular flexibility index (Phi) is 8.49. The summed E-state index contributed by atoms with van der Waals surface area (Å²) >= 11 is 0. The van der Waals surface area contributed by atoms with Gasteiger partial charge in [0.25, 0.3) is 0 Å². The van der Waals surface area contributed by atoms with Gasteiger partial charge in [-0.15, -0.1) is 0 Å². The van der Waals surface area contributed by atoms with Gasteiger partial charge in [-0.05, 0) is 66.9 Å². The van der Waals surface area contributed by atoms with Crippen LogP contribution in [0.15, 0.2) is 180 Å². The SMILES string of the molecule is Cc1ccc2c(c1)c1cc(C)ccc1n2-c1c(-c2ccccc2)cc(C(=N)N=C(N=Cc2ccccc2)c2ccccc2)cc1-c1ccccc1. The van der Waals surface area contributed by atoms with Gasteiger partial charge < -0.3 is 4.57 Å². The average Bonchev–Trinajstić information content (AvgIpc) is 3.49. The maximum absolute atomic E-state index is 9.50. The van der Waals surface area contributed by atoms with Crippen LogP contribution < -0.4 is 0 Å². The van der Waals surface area contributed by atoms with E-state index in [4.69, 9.17) is 9.98 Å². The van der Waals surface area contributed by atoms with Gasteiger partial charge in [0.2, 0.25) is 0 Å². The van der Waals surface area contributed by atoms with Crippen LogP contribution in [0.25, 0.3) is 49.7 Å². The summed E-state index contributed by atoms with van der Waals surface area (Å²) in [5.74, 6) is 0.609. The quantitative estimate of drug-likeness (QED) is 0.137. The molecule has 8 rings (SSSR count). The Bertz CT molecular complexity index is 2460. The summed E-state index contributed by atoms with van der Waals surface area (Å²) in [5.41, 5.74) is 12.4. The Morgan fingerprint density at radius 3 is 1.51 bits per heavy atom. The Morgan fingerprint density at radius 1 is 0.529 bits per heavy atom. The highest BCUT2D eigenvalue weighted by molar-refractivity contribution is 6.15. The van der Waals surface area contributed by atoms with Crippen molar-refractivity contribution in [1.29, 1.82) is 5.41 Å². The van der Waals surface area contributed by atoms with E-state index in [0.29, 0.717) is 11.4 Å². The standard InChI is InChI=1S/C47H36N4/c1-32-23-25-43-41(27-32)42-28-33(2)24-26-44(42)51(43)45-39(35-17-9-4-10-18-35)29-38(30-40(45)36-19-11-5-12-20-36)46(48)50-47(37-21-13-6-14-22-37)49-31-34-15-7-3-8-16-34/h3-31,48H,1-2H3. The highest BCUT2D eigenvalue weighted by Crippen LogP contribution is 2.42. The van der Waals surface area contributed by atoms with Gasteiger partial charge in [0.15, 0.2) is 11.7 Å². The maximum Gasteiger partial charge on any atom is 0.161 e. The van der Waals surface area contributed by atoms with Crippen LogP contribution in [-0.2, 0) is 0 Å². The van der Waals surface area contributed by atoms with Gasteiger partial charge in [-0.1, -0.05) is 145 Å². The third kappa shape index (κ3) is 6.31. The van der Waals surface area contributed by atoms with Crippen molar-refractivity contribution in [3.8, 4) is 27.9 Å². The second kappa shape index (κ2) is 13.7. The molecule has 0 bridgehead atoms. The van der Waals surface area contributed by atoms with Crippen molar-refractivity contribution < 1.29 is 0 Å². The summed E-state index contributed by atoms with van der Waals surface area (Å²) in [6.45, 7) is 4.30. The van der Waals surface area contributed by atoms with E-state index in [2.05, 4.69) is 115 Å². The van der Waals surface area contributed by atoms with E-state index >= 15 is 0 Å². The van der Waals surface area contributed by atoms with E-state index in [0.717, 1.165) is 50.1 Å². The van der Waals surface area contributed by atoms with Crippen molar-refractivity contribution >= 4 is 39.7 Å². The molecular weight excluding hydrogens is 621 g/mol. The van der Waals surface area contributed by atoms with Gasteiger partial charge in [0.1, 0.15) is 0 Å². The monoisotopic (exact) mass is 656 g/mol. The van der Waals surface area contributed by atoms with Crippen LogP contribution in [0.5, 0.6) is 0 Å². The second-order valence-corrected chi connectivity index (χ2v) is 12.8. The molecule has 0 aliphatic rings. The van der Waals surface area contributed by atoms with E-state index in [1.807, 2.05) is 72.8 Å².